The summed E-state index contributed by atoms with van der Waals surface area (Å²) in [5.74, 6) is 0.631. The van der Waals surface area contributed by atoms with E-state index in [4.69, 9.17) is 0 Å². The average Bonchev–Trinajstić information content (AvgIpc) is 2.17. The summed E-state index contributed by atoms with van der Waals surface area (Å²) in [6, 6.07) is 0. The first kappa shape index (κ1) is 18.7. The van der Waals surface area contributed by atoms with Gasteiger partial charge in [-0.1, -0.05) is 53.7 Å². The van der Waals surface area contributed by atoms with Crippen molar-refractivity contribution in [3.8, 4) is 0 Å². The maximum absolute atomic E-state index is 4.41. The van der Waals surface area contributed by atoms with E-state index in [0.29, 0.717) is 16.7 Å². The van der Waals surface area contributed by atoms with E-state index in [0.717, 1.165) is 0 Å². The first-order valence-corrected chi connectivity index (χ1v) is 7.76. The Bertz CT molecular complexity index is 262. The third-order valence-corrected chi connectivity index (χ3v) is 3.71. The Balaban J connectivity index is 4.41. The van der Waals surface area contributed by atoms with Crippen molar-refractivity contribution < 1.29 is 0 Å². The maximum Gasteiger partial charge on any atom is -0.00247 e. The van der Waals surface area contributed by atoms with Crippen LogP contribution in [0.15, 0.2) is 12.2 Å². The highest BCUT2D eigenvalue weighted by Crippen LogP contribution is 2.41. The number of unbranched alkanes of at least 4 members (excludes halogenated alkanes) is 1. The molecule has 0 radical (unpaired) electrons. The molecule has 0 aromatic rings. The summed E-state index contributed by atoms with van der Waals surface area (Å²) in [6.07, 6.45) is 4.97. The van der Waals surface area contributed by atoms with Crippen molar-refractivity contribution in [1.29, 1.82) is 0 Å². The minimum Gasteiger partial charge on any atom is -0.309 e. The second-order valence-electron chi connectivity index (χ2n) is 8.60. The quantitative estimate of drug-likeness (QED) is 0.442. The summed E-state index contributed by atoms with van der Waals surface area (Å²) in [7, 11) is 4.29. The zero-order valence-corrected chi connectivity index (χ0v) is 14.8. The molecule has 1 atom stereocenters. The molecule has 0 spiro atoms. The van der Waals surface area contributed by atoms with Gasteiger partial charge >= 0.3 is 0 Å². The lowest BCUT2D eigenvalue weighted by atomic mass is 9.68. The first-order valence-electron chi connectivity index (χ1n) is 7.76. The van der Waals surface area contributed by atoms with Crippen LogP contribution in [0.1, 0.15) is 67.2 Å². The molecule has 1 heteroatoms. The highest BCUT2D eigenvalue weighted by Gasteiger charge is 2.30. The molecule has 0 saturated carbocycles. The molecule has 0 fully saturated rings. The lowest BCUT2D eigenvalue weighted by Crippen LogP contribution is -2.27. The van der Waals surface area contributed by atoms with Crippen molar-refractivity contribution in [1.82, 2.24) is 4.90 Å². The van der Waals surface area contributed by atoms with Crippen molar-refractivity contribution in [3.63, 3.8) is 0 Å². The van der Waals surface area contributed by atoms with E-state index in [1.54, 1.807) is 0 Å². The highest BCUT2D eigenvalue weighted by atomic mass is 15.0. The standard InChI is InChI=1S/C18H37N/c1-15(12-10-11-13-19(8)9)16(18(5,6)7)14-17(2,3)4/h16H,1,10-14H2,2-9H3. The summed E-state index contributed by atoms with van der Waals surface area (Å²) in [6.45, 7) is 19.7. The molecule has 0 rings (SSSR count). The second kappa shape index (κ2) is 7.47. The van der Waals surface area contributed by atoms with Crippen molar-refractivity contribution in [2.45, 2.75) is 67.2 Å². The van der Waals surface area contributed by atoms with Crippen LogP contribution in [-0.2, 0) is 0 Å². The van der Waals surface area contributed by atoms with Crippen LogP contribution in [0.2, 0.25) is 0 Å². The van der Waals surface area contributed by atoms with Gasteiger partial charge in [0.2, 0.25) is 0 Å². The molecule has 0 aromatic carbocycles. The summed E-state index contributed by atoms with van der Waals surface area (Å²) in [5, 5.41) is 0. The smallest absolute Gasteiger partial charge is 0.00247 e. The molecular formula is C18H37N. The van der Waals surface area contributed by atoms with Crippen LogP contribution in [0.5, 0.6) is 0 Å². The molecule has 1 nitrogen and oxygen atoms in total. The van der Waals surface area contributed by atoms with Gasteiger partial charge in [-0.2, -0.15) is 0 Å². The summed E-state index contributed by atoms with van der Waals surface area (Å²) in [5.41, 5.74) is 2.16. The molecule has 0 aliphatic heterocycles. The van der Waals surface area contributed by atoms with Crippen LogP contribution in [0.3, 0.4) is 0 Å². The van der Waals surface area contributed by atoms with Gasteiger partial charge in [-0.15, -0.1) is 0 Å². The topological polar surface area (TPSA) is 3.24 Å². The Kier molecular flexibility index (Phi) is 7.36. The summed E-state index contributed by atoms with van der Waals surface area (Å²) in [4.78, 5) is 2.26. The van der Waals surface area contributed by atoms with E-state index < -0.39 is 0 Å². The van der Waals surface area contributed by atoms with E-state index in [1.807, 2.05) is 0 Å². The highest BCUT2D eigenvalue weighted by molar-refractivity contribution is 5.06. The average molecular weight is 268 g/mol. The molecule has 19 heavy (non-hydrogen) atoms. The molecule has 0 N–H and O–H groups in total. The van der Waals surface area contributed by atoms with Crippen LogP contribution < -0.4 is 0 Å². The van der Waals surface area contributed by atoms with Gasteiger partial charge in [0.1, 0.15) is 0 Å². The number of hydrogen-bond donors (Lipinski definition) is 0. The van der Waals surface area contributed by atoms with Crippen LogP contribution >= 0.6 is 0 Å². The second-order valence-corrected chi connectivity index (χ2v) is 8.60. The van der Waals surface area contributed by atoms with Crippen LogP contribution in [0.25, 0.3) is 0 Å². The van der Waals surface area contributed by atoms with Crippen molar-refractivity contribution in [3.05, 3.63) is 12.2 Å². The Morgan fingerprint density at radius 3 is 1.89 bits per heavy atom. The van der Waals surface area contributed by atoms with Gasteiger partial charge in [-0.25, -0.2) is 0 Å². The lowest BCUT2D eigenvalue weighted by Gasteiger charge is -2.37. The fourth-order valence-corrected chi connectivity index (χ4v) is 2.63. The SMILES string of the molecule is C=C(CCCCN(C)C)C(CC(C)(C)C)C(C)(C)C. The monoisotopic (exact) mass is 267 g/mol. The van der Waals surface area contributed by atoms with Gasteiger partial charge in [-0.3, -0.25) is 0 Å². The Morgan fingerprint density at radius 1 is 1.00 bits per heavy atom. The van der Waals surface area contributed by atoms with Crippen molar-refractivity contribution >= 4 is 0 Å². The normalized spacial score (nSPS) is 14.8. The van der Waals surface area contributed by atoms with Crippen molar-refractivity contribution in [2.75, 3.05) is 20.6 Å². The van der Waals surface area contributed by atoms with Gasteiger partial charge in [0.05, 0.1) is 0 Å². The number of hydrogen-bond acceptors (Lipinski definition) is 1. The molecule has 0 aliphatic rings. The predicted octanol–water partition coefficient (Wildman–Crippen LogP) is 5.37. The summed E-state index contributed by atoms with van der Waals surface area (Å²) < 4.78 is 0. The molecule has 0 saturated heterocycles. The van der Waals surface area contributed by atoms with Gasteiger partial charge in [0, 0.05) is 0 Å². The first-order chi connectivity index (χ1) is 8.43. The van der Waals surface area contributed by atoms with Gasteiger partial charge in [-0.05, 0) is 63.1 Å². The van der Waals surface area contributed by atoms with Crippen LogP contribution in [0.4, 0.5) is 0 Å². The Morgan fingerprint density at radius 2 is 1.53 bits per heavy atom. The maximum atomic E-state index is 4.41. The molecule has 0 aliphatic carbocycles. The van der Waals surface area contributed by atoms with Gasteiger partial charge < -0.3 is 4.90 Å². The minimum absolute atomic E-state index is 0.325. The fraction of sp³-hybridized carbons (Fsp3) is 0.889. The minimum atomic E-state index is 0.325. The zero-order valence-electron chi connectivity index (χ0n) is 14.8. The van der Waals surface area contributed by atoms with Crippen molar-refractivity contribution in [2.24, 2.45) is 16.7 Å². The molecular weight excluding hydrogens is 230 g/mol. The van der Waals surface area contributed by atoms with E-state index in [9.17, 15) is 0 Å². The van der Waals surface area contributed by atoms with E-state index in [1.165, 1.54) is 37.8 Å². The molecule has 0 heterocycles. The molecule has 0 amide bonds. The Hall–Kier alpha value is -0.300. The third kappa shape index (κ3) is 9.27. The Labute approximate surface area is 122 Å². The number of allylic oxidation sites excluding steroid dienone is 1. The molecule has 114 valence electrons. The summed E-state index contributed by atoms with van der Waals surface area (Å²) >= 11 is 0. The third-order valence-electron chi connectivity index (χ3n) is 3.71. The van der Waals surface area contributed by atoms with E-state index >= 15 is 0 Å². The number of nitrogens with zero attached hydrogens (tertiary/aromatic N) is 1. The predicted molar refractivity (Wildman–Crippen MR) is 88.6 cm³/mol. The zero-order chi connectivity index (χ0) is 15.3. The number of rotatable bonds is 7. The van der Waals surface area contributed by atoms with Crippen LogP contribution in [-0.4, -0.2) is 25.5 Å². The van der Waals surface area contributed by atoms with Gasteiger partial charge in [0.15, 0.2) is 0 Å². The van der Waals surface area contributed by atoms with Gasteiger partial charge in [0.25, 0.3) is 0 Å². The van der Waals surface area contributed by atoms with E-state index in [2.05, 4.69) is 67.1 Å². The molecule has 0 bridgehead atoms. The lowest BCUT2D eigenvalue weighted by molar-refractivity contribution is 0.192. The molecule has 1 unspecified atom stereocenters. The van der Waals surface area contributed by atoms with E-state index in [-0.39, 0.29) is 0 Å². The largest absolute Gasteiger partial charge is 0.309 e. The molecule has 0 aromatic heterocycles. The van der Waals surface area contributed by atoms with Crippen LogP contribution in [0, 0.1) is 16.7 Å². The fourth-order valence-electron chi connectivity index (χ4n) is 2.63.